The minimum Gasteiger partial charge on any atom is -0.0651 e. The maximum atomic E-state index is 2.48. The molecule has 0 fully saturated rings. The Bertz CT molecular complexity index is 812. The van der Waals surface area contributed by atoms with Crippen molar-refractivity contribution in [2.75, 3.05) is 0 Å². The van der Waals surface area contributed by atoms with Gasteiger partial charge in [0.1, 0.15) is 0 Å². The van der Waals surface area contributed by atoms with Crippen molar-refractivity contribution >= 4 is 21.5 Å². The van der Waals surface area contributed by atoms with Gasteiger partial charge in [-0.3, -0.25) is 0 Å². The van der Waals surface area contributed by atoms with Gasteiger partial charge in [0.25, 0.3) is 0 Å². The molecular weight excluding hydrogens is 312 g/mol. The molecule has 0 unspecified atom stereocenters. The van der Waals surface area contributed by atoms with E-state index in [1.54, 1.807) is 22.3 Å². The predicted molar refractivity (Wildman–Crippen MR) is 117 cm³/mol. The normalized spacial score (nSPS) is 11.5. The number of fused-ring (bicyclic) bond motifs is 2. The molecule has 0 aliphatic rings. The van der Waals surface area contributed by atoms with Gasteiger partial charge < -0.3 is 0 Å². The van der Waals surface area contributed by atoms with E-state index in [1.165, 1.54) is 72.9 Å². The van der Waals surface area contributed by atoms with E-state index in [9.17, 15) is 0 Å². The molecule has 0 heteroatoms. The van der Waals surface area contributed by atoms with Gasteiger partial charge in [-0.15, -0.1) is 0 Å². The van der Waals surface area contributed by atoms with E-state index < -0.39 is 0 Å². The van der Waals surface area contributed by atoms with Gasteiger partial charge in [0, 0.05) is 0 Å². The maximum absolute atomic E-state index is 2.48. The highest BCUT2D eigenvalue weighted by Crippen LogP contribution is 2.36. The third-order valence-electron chi connectivity index (χ3n) is 5.63. The molecule has 0 nitrogen and oxygen atoms in total. The van der Waals surface area contributed by atoms with Crippen LogP contribution in [0.15, 0.2) is 36.4 Å². The number of hydrogen-bond acceptors (Lipinski definition) is 0. The summed E-state index contributed by atoms with van der Waals surface area (Å²) in [6.45, 7) is 9.30. The van der Waals surface area contributed by atoms with Crippen LogP contribution in [0, 0.1) is 0 Å². The van der Waals surface area contributed by atoms with Crippen LogP contribution in [-0.2, 0) is 25.7 Å². The van der Waals surface area contributed by atoms with Crippen molar-refractivity contribution in [2.24, 2.45) is 0 Å². The largest absolute Gasteiger partial charge is 0.0651 e. The smallest absolute Gasteiger partial charge is 0.0140 e. The fourth-order valence-corrected chi connectivity index (χ4v) is 4.60. The molecule has 0 N–H and O–H groups in total. The summed E-state index contributed by atoms with van der Waals surface area (Å²) < 4.78 is 0. The first-order valence-electron chi connectivity index (χ1n) is 10.7. The van der Waals surface area contributed by atoms with Crippen molar-refractivity contribution in [2.45, 2.75) is 79.1 Å². The Morgan fingerprint density at radius 3 is 1.19 bits per heavy atom. The summed E-state index contributed by atoms with van der Waals surface area (Å²) >= 11 is 0. The topological polar surface area (TPSA) is 0 Å². The van der Waals surface area contributed by atoms with Crippen molar-refractivity contribution in [3.63, 3.8) is 0 Å². The number of hydrogen-bond donors (Lipinski definition) is 0. The summed E-state index contributed by atoms with van der Waals surface area (Å²) in [6.07, 6.45) is 9.76. The van der Waals surface area contributed by atoms with E-state index in [1.807, 2.05) is 0 Å². The molecule has 0 radical (unpaired) electrons. The zero-order valence-corrected chi connectivity index (χ0v) is 17.1. The molecule has 0 saturated heterocycles. The van der Waals surface area contributed by atoms with Gasteiger partial charge in [0.2, 0.25) is 0 Å². The minimum absolute atomic E-state index is 1.20. The van der Waals surface area contributed by atoms with Gasteiger partial charge in [-0.05, 0) is 81.6 Å². The zero-order chi connectivity index (χ0) is 18.5. The van der Waals surface area contributed by atoms with Crippen molar-refractivity contribution in [3.8, 4) is 0 Å². The molecule has 0 aliphatic carbocycles. The molecule has 3 aromatic carbocycles. The summed E-state index contributed by atoms with van der Waals surface area (Å²) in [6, 6.07) is 13.8. The van der Waals surface area contributed by atoms with Crippen LogP contribution in [0.2, 0.25) is 0 Å². The molecule has 26 heavy (non-hydrogen) atoms. The first kappa shape index (κ1) is 19.0. The van der Waals surface area contributed by atoms with Crippen molar-refractivity contribution < 1.29 is 0 Å². The predicted octanol–water partition coefficient (Wildman–Crippen LogP) is 7.80. The highest BCUT2D eigenvalue weighted by atomic mass is 14.2. The minimum atomic E-state index is 1.20. The summed E-state index contributed by atoms with van der Waals surface area (Å²) in [7, 11) is 0. The summed E-state index contributed by atoms with van der Waals surface area (Å²) in [5.41, 5.74) is 6.64. The molecule has 0 amide bonds. The van der Waals surface area contributed by atoms with E-state index >= 15 is 0 Å². The average molecular weight is 347 g/mol. The Hall–Kier alpha value is -1.82. The first-order chi connectivity index (χ1) is 12.7. The highest BCUT2D eigenvalue weighted by molar-refractivity contribution is 6.02. The van der Waals surface area contributed by atoms with Crippen LogP contribution < -0.4 is 0 Å². The zero-order valence-electron chi connectivity index (χ0n) is 17.1. The fourth-order valence-electron chi connectivity index (χ4n) is 4.60. The van der Waals surface area contributed by atoms with Crippen molar-refractivity contribution in [1.82, 2.24) is 0 Å². The van der Waals surface area contributed by atoms with Gasteiger partial charge in [0.15, 0.2) is 0 Å². The lowest BCUT2D eigenvalue weighted by Gasteiger charge is -2.23. The Morgan fingerprint density at radius 2 is 0.846 bits per heavy atom. The molecule has 0 aliphatic heterocycles. The van der Waals surface area contributed by atoms with E-state index in [-0.39, 0.29) is 0 Å². The van der Waals surface area contributed by atoms with Crippen LogP contribution >= 0.6 is 0 Å². The maximum Gasteiger partial charge on any atom is -0.0140 e. The van der Waals surface area contributed by atoms with Crippen molar-refractivity contribution in [3.05, 3.63) is 58.7 Å². The molecular formula is C26H34. The molecule has 0 saturated carbocycles. The van der Waals surface area contributed by atoms with E-state index in [0.29, 0.717) is 0 Å². The Labute approximate surface area is 159 Å². The molecule has 0 bridgehead atoms. The first-order valence-corrected chi connectivity index (χ1v) is 10.7. The SMILES string of the molecule is CCCc1c(CCC)c(CCC)c2cc3ccccc3cc2c1CCC. The van der Waals surface area contributed by atoms with Gasteiger partial charge in [0.05, 0.1) is 0 Å². The van der Waals surface area contributed by atoms with Crippen LogP contribution in [0.1, 0.15) is 75.6 Å². The molecule has 0 atom stereocenters. The van der Waals surface area contributed by atoms with E-state index in [2.05, 4.69) is 64.1 Å². The van der Waals surface area contributed by atoms with Crippen LogP contribution in [0.3, 0.4) is 0 Å². The molecule has 3 rings (SSSR count). The average Bonchev–Trinajstić information content (AvgIpc) is 2.66. The molecule has 0 aromatic heterocycles. The number of benzene rings is 3. The quantitative estimate of drug-likeness (QED) is 0.365. The summed E-state index contributed by atoms with van der Waals surface area (Å²) in [5.74, 6) is 0. The Kier molecular flexibility index (Phi) is 6.35. The lowest BCUT2D eigenvalue weighted by molar-refractivity contribution is 0.810. The van der Waals surface area contributed by atoms with Crippen molar-refractivity contribution in [1.29, 1.82) is 0 Å². The van der Waals surface area contributed by atoms with Gasteiger partial charge in [-0.25, -0.2) is 0 Å². The van der Waals surface area contributed by atoms with E-state index in [0.717, 1.165) is 0 Å². The Morgan fingerprint density at radius 1 is 0.500 bits per heavy atom. The lowest BCUT2D eigenvalue weighted by Crippen LogP contribution is -2.07. The number of rotatable bonds is 8. The van der Waals surface area contributed by atoms with Crippen LogP contribution in [0.5, 0.6) is 0 Å². The second kappa shape index (κ2) is 8.71. The standard InChI is InChI=1S/C26H34/c1-5-11-21-22(12-6-2)24(14-8-4)26-18-20-16-10-9-15-19(20)17-25(26)23(21)13-7-3/h9-10,15-18H,5-8,11-14H2,1-4H3. The third kappa shape index (κ3) is 3.52. The van der Waals surface area contributed by atoms with Crippen LogP contribution in [0.25, 0.3) is 21.5 Å². The van der Waals surface area contributed by atoms with Crippen LogP contribution in [0.4, 0.5) is 0 Å². The van der Waals surface area contributed by atoms with E-state index in [4.69, 9.17) is 0 Å². The second-order valence-corrected chi connectivity index (χ2v) is 7.66. The molecule has 3 aromatic rings. The van der Waals surface area contributed by atoms with Gasteiger partial charge in [-0.2, -0.15) is 0 Å². The molecule has 138 valence electrons. The number of aryl methyl sites for hydroxylation is 2. The lowest BCUT2D eigenvalue weighted by atomic mass is 9.82. The highest BCUT2D eigenvalue weighted by Gasteiger charge is 2.18. The third-order valence-corrected chi connectivity index (χ3v) is 5.63. The Balaban J connectivity index is 2.45. The monoisotopic (exact) mass is 346 g/mol. The van der Waals surface area contributed by atoms with Crippen LogP contribution in [-0.4, -0.2) is 0 Å². The van der Waals surface area contributed by atoms with Gasteiger partial charge in [-0.1, -0.05) is 77.6 Å². The summed E-state index contributed by atoms with van der Waals surface area (Å²) in [5, 5.41) is 5.81. The fraction of sp³-hybridized carbons (Fsp3) is 0.462. The molecule has 0 spiro atoms. The summed E-state index contributed by atoms with van der Waals surface area (Å²) in [4.78, 5) is 0. The second-order valence-electron chi connectivity index (χ2n) is 7.66. The van der Waals surface area contributed by atoms with Gasteiger partial charge >= 0.3 is 0 Å². The molecule has 0 heterocycles.